The minimum absolute atomic E-state index is 0.0350. The summed E-state index contributed by atoms with van der Waals surface area (Å²) >= 11 is 0. The lowest BCUT2D eigenvalue weighted by Gasteiger charge is -2.20. The zero-order chi connectivity index (χ0) is 17.9. The van der Waals surface area contributed by atoms with Gasteiger partial charge in [-0.1, -0.05) is 6.92 Å². The predicted octanol–water partition coefficient (Wildman–Crippen LogP) is 2.65. The number of hydrogen-bond donors (Lipinski definition) is 1. The van der Waals surface area contributed by atoms with Crippen molar-refractivity contribution in [3.63, 3.8) is 0 Å². The number of carbonyl (C=O) groups excluding carboxylic acids is 2. The molecule has 0 radical (unpaired) electrons. The molecule has 1 heterocycles. The van der Waals surface area contributed by atoms with Crippen molar-refractivity contribution in [2.24, 2.45) is 0 Å². The highest BCUT2D eigenvalue weighted by molar-refractivity contribution is 5.96. The zero-order valence-electron chi connectivity index (χ0n) is 14.3. The van der Waals surface area contributed by atoms with Crippen molar-refractivity contribution in [1.29, 1.82) is 0 Å². The minimum atomic E-state index is -0.641. The van der Waals surface area contributed by atoms with Gasteiger partial charge >= 0.3 is 5.69 Å². The van der Waals surface area contributed by atoms with Crippen LogP contribution >= 0.6 is 0 Å². The predicted molar refractivity (Wildman–Crippen MR) is 92.4 cm³/mol. The number of aromatic nitrogens is 2. The number of rotatable bonds is 5. The van der Waals surface area contributed by atoms with Crippen LogP contribution < -0.4 is 11.0 Å². The molecule has 0 unspecified atom stereocenters. The van der Waals surface area contributed by atoms with Gasteiger partial charge in [-0.15, -0.1) is 0 Å². The normalized spacial score (nSPS) is 11.8. The van der Waals surface area contributed by atoms with Crippen LogP contribution in [0.1, 0.15) is 48.1 Å². The van der Waals surface area contributed by atoms with Gasteiger partial charge in [0.05, 0.1) is 0 Å². The molecule has 0 fully saturated rings. The molecule has 0 aliphatic heterocycles. The van der Waals surface area contributed by atoms with Gasteiger partial charge in [0, 0.05) is 22.6 Å². The van der Waals surface area contributed by atoms with Gasteiger partial charge in [-0.05, 0) is 57.5 Å². The monoisotopic (exact) mass is 327 g/mol. The van der Waals surface area contributed by atoms with Crippen molar-refractivity contribution in [2.45, 2.75) is 40.2 Å². The Morgan fingerprint density at radius 2 is 1.83 bits per heavy atom. The van der Waals surface area contributed by atoms with E-state index in [-0.39, 0.29) is 11.7 Å². The number of aryl methyl sites for hydroxylation is 2. The number of anilines is 1. The summed E-state index contributed by atoms with van der Waals surface area (Å²) in [5, 5.41) is 2.79. The summed E-state index contributed by atoms with van der Waals surface area (Å²) in [6.45, 7) is 6.86. The van der Waals surface area contributed by atoms with E-state index in [1.165, 1.54) is 11.5 Å². The Balaban J connectivity index is 2.27. The Hall–Kier alpha value is -2.76. The zero-order valence-corrected chi connectivity index (χ0v) is 14.3. The fourth-order valence-corrected chi connectivity index (χ4v) is 2.64. The highest BCUT2D eigenvalue weighted by Crippen LogP contribution is 2.16. The van der Waals surface area contributed by atoms with Crippen molar-refractivity contribution in [1.82, 2.24) is 9.55 Å². The number of benzene rings is 1. The highest BCUT2D eigenvalue weighted by atomic mass is 16.2. The standard InChI is InChI=1S/C18H21N3O3/c1-5-16(21-12(3)10-11(2)19-18(21)24)17(23)20-15-8-6-14(7-9-15)13(4)22/h6-10,16H,5H2,1-4H3,(H,20,23)/t16-/m0/s1. The van der Waals surface area contributed by atoms with E-state index in [1.54, 1.807) is 44.2 Å². The fourth-order valence-electron chi connectivity index (χ4n) is 2.64. The van der Waals surface area contributed by atoms with Crippen LogP contribution in [0.5, 0.6) is 0 Å². The molecule has 126 valence electrons. The van der Waals surface area contributed by atoms with Gasteiger partial charge in [-0.25, -0.2) is 4.79 Å². The molecule has 6 heteroatoms. The third-order valence-corrected chi connectivity index (χ3v) is 3.84. The summed E-state index contributed by atoms with van der Waals surface area (Å²) in [6.07, 6.45) is 0.461. The summed E-state index contributed by atoms with van der Waals surface area (Å²) in [4.78, 5) is 40.0. The average molecular weight is 327 g/mol. The van der Waals surface area contributed by atoms with E-state index in [9.17, 15) is 14.4 Å². The topological polar surface area (TPSA) is 81.1 Å². The molecule has 1 atom stereocenters. The van der Waals surface area contributed by atoms with Crippen molar-refractivity contribution >= 4 is 17.4 Å². The molecule has 1 aromatic heterocycles. The smallest absolute Gasteiger partial charge is 0.324 e. The number of hydrogen-bond acceptors (Lipinski definition) is 4. The van der Waals surface area contributed by atoms with Crippen LogP contribution in [0, 0.1) is 13.8 Å². The van der Waals surface area contributed by atoms with E-state index in [0.717, 1.165) is 0 Å². The van der Waals surface area contributed by atoms with Gasteiger partial charge < -0.3 is 5.32 Å². The van der Waals surface area contributed by atoms with E-state index < -0.39 is 11.7 Å². The number of amides is 1. The van der Waals surface area contributed by atoms with Crippen LogP contribution in [0.3, 0.4) is 0 Å². The molecule has 0 bridgehead atoms. The quantitative estimate of drug-likeness (QED) is 0.856. The van der Waals surface area contributed by atoms with Crippen molar-refractivity contribution in [3.05, 3.63) is 57.8 Å². The molecule has 1 aromatic carbocycles. The van der Waals surface area contributed by atoms with E-state index in [4.69, 9.17) is 0 Å². The minimum Gasteiger partial charge on any atom is -0.324 e. The Morgan fingerprint density at radius 1 is 1.21 bits per heavy atom. The Labute approximate surface area is 140 Å². The van der Waals surface area contributed by atoms with E-state index in [1.807, 2.05) is 6.92 Å². The highest BCUT2D eigenvalue weighted by Gasteiger charge is 2.22. The lowest BCUT2D eigenvalue weighted by atomic mass is 10.1. The molecule has 0 aliphatic carbocycles. The van der Waals surface area contributed by atoms with Crippen LogP contribution in [0.25, 0.3) is 0 Å². The number of carbonyl (C=O) groups is 2. The largest absolute Gasteiger partial charge is 0.348 e. The van der Waals surface area contributed by atoms with E-state index in [0.29, 0.717) is 29.1 Å². The summed E-state index contributed by atoms with van der Waals surface area (Å²) in [5.74, 6) is -0.323. The van der Waals surface area contributed by atoms with Crippen LogP contribution in [0.15, 0.2) is 35.1 Å². The summed E-state index contributed by atoms with van der Waals surface area (Å²) in [7, 11) is 0. The van der Waals surface area contributed by atoms with Gasteiger partial charge in [0.2, 0.25) is 5.91 Å². The first-order valence-electron chi connectivity index (χ1n) is 7.82. The van der Waals surface area contributed by atoms with Crippen LogP contribution in [0.2, 0.25) is 0 Å². The molecule has 1 amide bonds. The number of nitrogens with one attached hydrogen (secondary N) is 1. The first-order chi connectivity index (χ1) is 11.3. The molecule has 0 aliphatic rings. The van der Waals surface area contributed by atoms with Crippen LogP contribution in [0.4, 0.5) is 5.69 Å². The molecule has 1 N–H and O–H groups in total. The van der Waals surface area contributed by atoms with Gasteiger partial charge in [0.1, 0.15) is 6.04 Å². The Bertz CT molecular complexity index is 822. The van der Waals surface area contributed by atoms with Crippen molar-refractivity contribution in [2.75, 3.05) is 5.32 Å². The average Bonchev–Trinajstić information content (AvgIpc) is 2.51. The maximum Gasteiger partial charge on any atom is 0.348 e. The van der Waals surface area contributed by atoms with Crippen LogP contribution in [-0.4, -0.2) is 21.2 Å². The third kappa shape index (κ3) is 3.76. The number of nitrogens with zero attached hydrogens (tertiary/aromatic N) is 2. The van der Waals surface area contributed by atoms with Crippen molar-refractivity contribution in [3.8, 4) is 0 Å². The SMILES string of the molecule is CC[C@@H](C(=O)Nc1ccc(C(C)=O)cc1)n1c(C)cc(C)nc1=O. The maximum atomic E-state index is 12.6. The third-order valence-electron chi connectivity index (χ3n) is 3.84. The van der Waals surface area contributed by atoms with Crippen LogP contribution in [-0.2, 0) is 4.79 Å². The van der Waals surface area contributed by atoms with E-state index >= 15 is 0 Å². The van der Waals surface area contributed by atoms with Gasteiger partial charge in [-0.3, -0.25) is 14.2 Å². The molecule has 0 spiro atoms. The molecular weight excluding hydrogens is 306 g/mol. The second-order valence-electron chi connectivity index (χ2n) is 5.74. The molecule has 2 rings (SSSR count). The molecule has 24 heavy (non-hydrogen) atoms. The molecule has 0 saturated carbocycles. The molecule has 2 aromatic rings. The molecule has 6 nitrogen and oxygen atoms in total. The second-order valence-corrected chi connectivity index (χ2v) is 5.74. The molecule has 0 saturated heterocycles. The van der Waals surface area contributed by atoms with Gasteiger partial charge in [0.25, 0.3) is 0 Å². The summed E-state index contributed by atoms with van der Waals surface area (Å²) in [5.41, 5.74) is 2.05. The first kappa shape index (κ1) is 17.6. The molecular formula is C18H21N3O3. The second kappa shape index (κ2) is 7.21. The maximum absolute atomic E-state index is 12.6. The lowest BCUT2D eigenvalue weighted by Crippen LogP contribution is -2.36. The number of ketones is 1. The fraction of sp³-hybridized carbons (Fsp3) is 0.333. The van der Waals surface area contributed by atoms with E-state index in [2.05, 4.69) is 10.3 Å². The Kier molecular flexibility index (Phi) is 5.28. The van der Waals surface area contributed by atoms with Crippen molar-refractivity contribution < 1.29 is 9.59 Å². The van der Waals surface area contributed by atoms with Gasteiger partial charge in [-0.2, -0.15) is 4.98 Å². The Morgan fingerprint density at radius 3 is 2.33 bits per heavy atom. The van der Waals surface area contributed by atoms with Gasteiger partial charge in [0.15, 0.2) is 5.78 Å². The lowest BCUT2D eigenvalue weighted by molar-refractivity contribution is -0.119. The summed E-state index contributed by atoms with van der Waals surface area (Å²) < 4.78 is 1.41. The number of Topliss-reactive ketones (excluding diaryl/α,β-unsaturated/α-hetero) is 1. The summed E-state index contributed by atoms with van der Waals surface area (Å²) in [6, 6.07) is 7.79. The first-order valence-corrected chi connectivity index (χ1v) is 7.82.